The number of urea groups is 1. The van der Waals surface area contributed by atoms with Crippen LogP contribution < -0.4 is 10.2 Å². The molecule has 3 amide bonds. The summed E-state index contributed by atoms with van der Waals surface area (Å²) in [5.74, 6) is -1.19. The Labute approximate surface area is 195 Å². The van der Waals surface area contributed by atoms with Crippen LogP contribution in [0.3, 0.4) is 0 Å². The predicted molar refractivity (Wildman–Crippen MR) is 126 cm³/mol. The van der Waals surface area contributed by atoms with Gasteiger partial charge in [-0.25, -0.2) is 18.6 Å². The number of aliphatic imine (C=N–C) groups is 1. The molecule has 34 heavy (non-hydrogen) atoms. The lowest BCUT2D eigenvalue weighted by molar-refractivity contribution is -0.128. The number of benzene rings is 2. The molecule has 1 fully saturated rings. The minimum Gasteiger partial charge on any atom is -0.345 e. The number of hydrogen-bond donors (Lipinski definition) is 2. The van der Waals surface area contributed by atoms with Gasteiger partial charge < -0.3 is 9.88 Å². The zero-order valence-corrected chi connectivity index (χ0v) is 19.0. The van der Waals surface area contributed by atoms with E-state index in [-0.39, 0.29) is 11.5 Å². The molecule has 1 unspecified atom stereocenters. The van der Waals surface area contributed by atoms with Crippen LogP contribution in [0.5, 0.6) is 0 Å². The molecule has 2 aromatic carbocycles. The monoisotopic (exact) mass is 468 g/mol. The van der Waals surface area contributed by atoms with E-state index in [1.165, 1.54) is 24.0 Å². The fourth-order valence-corrected chi connectivity index (χ4v) is 4.14. The molecule has 8 nitrogen and oxygen atoms in total. The van der Waals surface area contributed by atoms with Crippen molar-refractivity contribution in [3.05, 3.63) is 59.9 Å². The number of fused-ring (bicyclic) bond motifs is 1. The van der Waals surface area contributed by atoms with Crippen LogP contribution >= 0.6 is 0 Å². The number of imidazole rings is 1. The van der Waals surface area contributed by atoms with Crippen molar-refractivity contribution in [1.29, 1.82) is 0 Å². The fraction of sp³-hybridized carbons (Fsp3) is 0.333. The number of aromatic amines is 1. The number of anilines is 1. The van der Waals surface area contributed by atoms with E-state index in [4.69, 9.17) is 0 Å². The number of hydrogen-bond acceptors (Lipinski definition) is 4. The molecule has 178 valence electrons. The molecule has 0 bridgehead atoms. The number of amidine groups is 1. The van der Waals surface area contributed by atoms with Crippen LogP contribution in [0.1, 0.15) is 38.3 Å². The molecule has 2 N–H and O–H groups in total. The van der Waals surface area contributed by atoms with E-state index in [0.717, 1.165) is 23.5 Å². The van der Waals surface area contributed by atoms with Gasteiger partial charge >= 0.3 is 6.03 Å². The van der Waals surface area contributed by atoms with E-state index in [0.29, 0.717) is 37.6 Å². The van der Waals surface area contributed by atoms with Gasteiger partial charge in [0, 0.05) is 38.3 Å². The molecule has 1 saturated heterocycles. The van der Waals surface area contributed by atoms with Crippen molar-refractivity contribution in [1.82, 2.24) is 20.2 Å². The molecular weight excluding hydrogens is 442 g/mol. The van der Waals surface area contributed by atoms with E-state index >= 15 is 0 Å². The van der Waals surface area contributed by atoms with Gasteiger partial charge in [-0.2, -0.15) is 0 Å². The van der Waals surface area contributed by atoms with Crippen LogP contribution in [0, 0.1) is 11.6 Å². The van der Waals surface area contributed by atoms with Crippen molar-refractivity contribution in [2.24, 2.45) is 4.99 Å². The zero-order valence-electron chi connectivity index (χ0n) is 19.0. The number of rotatable bonds is 8. The first-order valence-corrected chi connectivity index (χ1v) is 11.2. The highest BCUT2D eigenvalue weighted by Gasteiger charge is 2.39. The number of nitrogens with zero attached hydrogens (tertiary/aromatic N) is 4. The maximum atomic E-state index is 14.1. The third-order valence-corrected chi connectivity index (χ3v) is 5.66. The normalized spacial score (nSPS) is 16.9. The average Bonchev–Trinajstić information content (AvgIpc) is 3.38. The Morgan fingerprint density at radius 1 is 1.18 bits per heavy atom. The molecule has 2 heterocycles. The van der Waals surface area contributed by atoms with Gasteiger partial charge in [-0.05, 0) is 48.7 Å². The zero-order chi connectivity index (χ0) is 24.2. The van der Waals surface area contributed by atoms with Crippen LogP contribution in [0.25, 0.3) is 11.0 Å². The van der Waals surface area contributed by atoms with Crippen molar-refractivity contribution < 1.29 is 18.4 Å². The minimum absolute atomic E-state index is 0.00263. The molecule has 4 rings (SSSR count). The van der Waals surface area contributed by atoms with Gasteiger partial charge in [-0.3, -0.25) is 20.0 Å². The summed E-state index contributed by atoms with van der Waals surface area (Å²) in [5.41, 5.74) is 2.24. The summed E-state index contributed by atoms with van der Waals surface area (Å²) in [6, 6.07) is 7.13. The van der Waals surface area contributed by atoms with Gasteiger partial charge in [-0.1, -0.05) is 6.92 Å². The van der Waals surface area contributed by atoms with Gasteiger partial charge in [0.05, 0.1) is 17.4 Å². The summed E-state index contributed by atoms with van der Waals surface area (Å²) < 4.78 is 28.2. The van der Waals surface area contributed by atoms with Crippen molar-refractivity contribution >= 4 is 34.5 Å². The Hall–Kier alpha value is -3.82. The molecule has 0 saturated carbocycles. The Bertz CT molecular complexity index is 1220. The first-order valence-electron chi connectivity index (χ1n) is 11.2. The van der Waals surface area contributed by atoms with Crippen LogP contribution in [0.2, 0.25) is 0 Å². The predicted octanol–water partition coefficient (Wildman–Crippen LogP) is 4.16. The number of carbonyl (C=O) groups is 2. The first-order chi connectivity index (χ1) is 16.4. The Morgan fingerprint density at radius 2 is 1.94 bits per heavy atom. The molecule has 0 radical (unpaired) electrons. The second-order valence-corrected chi connectivity index (χ2v) is 8.14. The van der Waals surface area contributed by atoms with Crippen molar-refractivity contribution in [3.63, 3.8) is 0 Å². The number of halogens is 2. The fourth-order valence-electron chi connectivity index (χ4n) is 4.14. The minimum atomic E-state index is -0.836. The van der Waals surface area contributed by atoms with Crippen LogP contribution in [0.15, 0.2) is 47.7 Å². The number of aromatic nitrogens is 2. The summed E-state index contributed by atoms with van der Waals surface area (Å²) in [4.78, 5) is 39.7. The van der Waals surface area contributed by atoms with E-state index in [9.17, 15) is 18.4 Å². The van der Waals surface area contributed by atoms with Crippen LogP contribution in [-0.2, 0) is 4.79 Å². The molecular formula is C24H26F2N6O2. The van der Waals surface area contributed by atoms with Gasteiger partial charge in [0.15, 0.2) is 0 Å². The summed E-state index contributed by atoms with van der Waals surface area (Å²) in [7, 11) is 0. The lowest BCUT2D eigenvalue weighted by Gasteiger charge is -2.24. The van der Waals surface area contributed by atoms with Crippen molar-refractivity contribution in [2.75, 3.05) is 24.5 Å². The Morgan fingerprint density at radius 3 is 2.65 bits per heavy atom. The molecule has 0 spiro atoms. The molecule has 1 aliphatic heterocycles. The van der Waals surface area contributed by atoms with Gasteiger partial charge in [0.2, 0.25) is 5.91 Å². The smallest absolute Gasteiger partial charge is 0.328 e. The second-order valence-electron chi connectivity index (χ2n) is 8.14. The highest BCUT2D eigenvalue weighted by atomic mass is 19.1. The third-order valence-electron chi connectivity index (χ3n) is 5.66. The highest BCUT2D eigenvalue weighted by molar-refractivity contribution is 6.17. The van der Waals surface area contributed by atoms with E-state index in [1.807, 2.05) is 6.92 Å². The lowest BCUT2D eigenvalue weighted by Crippen LogP contribution is -2.31. The first kappa shape index (κ1) is 23.3. The number of carbonyl (C=O) groups excluding carboxylic acids is 2. The van der Waals surface area contributed by atoms with E-state index < -0.39 is 23.7 Å². The van der Waals surface area contributed by atoms with Crippen LogP contribution in [-0.4, -0.2) is 52.3 Å². The van der Waals surface area contributed by atoms with Gasteiger partial charge in [0.25, 0.3) is 0 Å². The summed E-state index contributed by atoms with van der Waals surface area (Å²) in [6.07, 6.45) is 2.99. The summed E-state index contributed by atoms with van der Waals surface area (Å²) >= 11 is 0. The average molecular weight is 469 g/mol. The van der Waals surface area contributed by atoms with E-state index in [1.54, 1.807) is 29.4 Å². The molecule has 1 aliphatic rings. The third kappa shape index (κ3) is 4.90. The summed E-state index contributed by atoms with van der Waals surface area (Å²) in [6.45, 7) is 5.07. The molecule has 1 aromatic heterocycles. The SMILES string of the molecule is CCCN(CCCN=C1NC(=O)N(c2ccc3nc[nH]c3c2)C1c1cc(F)cc(F)c1)C(C)=O. The Kier molecular flexibility index (Phi) is 6.85. The van der Waals surface area contributed by atoms with Crippen molar-refractivity contribution in [2.45, 2.75) is 32.7 Å². The molecule has 3 aromatic rings. The Balaban J connectivity index is 1.64. The number of nitrogens with one attached hydrogen (secondary N) is 2. The lowest BCUT2D eigenvalue weighted by atomic mass is 10.0. The second kappa shape index (κ2) is 9.98. The largest absolute Gasteiger partial charge is 0.345 e. The standard InChI is InChI=1S/C24H26F2N6O2/c1-3-8-31(15(2)33)9-4-7-27-23-22(16-10-17(25)12-18(26)11-16)32(24(34)30-23)19-5-6-20-21(13-19)29-14-28-20/h5-6,10-14,22H,3-4,7-9H2,1-2H3,(H,28,29)(H,27,30,34). The number of amides is 3. The maximum absolute atomic E-state index is 14.1. The van der Waals surface area contributed by atoms with Crippen LogP contribution in [0.4, 0.5) is 19.3 Å². The topological polar surface area (TPSA) is 93.7 Å². The van der Waals surface area contributed by atoms with Gasteiger partial charge in [0.1, 0.15) is 23.5 Å². The number of H-pyrrole nitrogens is 1. The van der Waals surface area contributed by atoms with Crippen molar-refractivity contribution in [3.8, 4) is 0 Å². The highest BCUT2D eigenvalue weighted by Crippen LogP contribution is 2.34. The van der Waals surface area contributed by atoms with E-state index in [2.05, 4.69) is 20.3 Å². The maximum Gasteiger partial charge on any atom is 0.328 e. The molecule has 1 atom stereocenters. The molecule has 0 aliphatic carbocycles. The van der Waals surface area contributed by atoms with Gasteiger partial charge in [-0.15, -0.1) is 0 Å². The quantitative estimate of drug-likeness (QED) is 0.486. The summed E-state index contributed by atoms with van der Waals surface area (Å²) in [5, 5.41) is 2.75. The molecule has 10 heteroatoms.